The molecular formula is C18H21N3O3. The van der Waals surface area contributed by atoms with E-state index in [0.717, 1.165) is 22.5 Å². The van der Waals surface area contributed by atoms with Crippen molar-refractivity contribution < 1.29 is 9.53 Å². The Hall–Kier alpha value is -2.47. The van der Waals surface area contributed by atoms with Crippen LogP contribution in [-0.2, 0) is 4.74 Å². The maximum atomic E-state index is 12.8. The minimum absolute atomic E-state index is 0.185. The summed E-state index contributed by atoms with van der Waals surface area (Å²) in [5.74, 6) is -0.251. The van der Waals surface area contributed by atoms with Gasteiger partial charge in [0.1, 0.15) is 11.7 Å². The molecule has 0 aromatic carbocycles. The second kappa shape index (κ2) is 6.57. The van der Waals surface area contributed by atoms with Crippen LogP contribution in [0.4, 0.5) is 0 Å². The number of carbonyl (C=O) groups is 1. The number of aromatic amines is 1. The number of pyridine rings is 2. The van der Waals surface area contributed by atoms with Crippen LogP contribution in [0.5, 0.6) is 0 Å². The van der Waals surface area contributed by atoms with Crippen molar-refractivity contribution in [3.8, 4) is 0 Å². The third kappa shape index (κ3) is 3.23. The summed E-state index contributed by atoms with van der Waals surface area (Å²) in [6.07, 6.45) is 1.54. The van der Waals surface area contributed by atoms with Crippen LogP contribution in [0.25, 0.3) is 0 Å². The molecule has 1 aliphatic rings. The summed E-state index contributed by atoms with van der Waals surface area (Å²) in [7, 11) is 0. The largest absolute Gasteiger partial charge is 0.370 e. The maximum Gasteiger partial charge on any atom is 0.261 e. The van der Waals surface area contributed by atoms with Crippen molar-refractivity contribution in [3.05, 3.63) is 62.8 Å². The fourth-order valence-electron chi connectivity index (χ4n) is 2.86. The predicted molar refractivity (Wildman–Crippen MR) is 90.1 cm³/mol. The number of hydrogen-bond donors (Lipinski definition) is 1. The Morgan fingerprint density at radius 1 is 1.33 bits per heavy atom. The summed E-state index contributed by atoms with van der Waals surface area (Å²) in [5, 5.41) is 0. The van der Waals surface area contributed by atoms with Crippen molar-refractivity contribution in [1.29, 1.82) is 0 Å². The number of nitrogens with zero attached hydrogens (tertiary/aromatic N) is 2. The zero-order chi connectivity index (χ0) is 17.3. The lowest BCUT2D eigenvalue weighted by Gasteiger charge is -2.33. The number of carbonyl (C=O) groups excluding carboxylic acids is 1. The van der Waals surface area contributed by atoms with Crippen LogP contribution in [0.3, 0.4) is 0 Å². The lowest BCUT2D eigenvalue weighted by atomic mass is 10.1. The normalized spacial score (nSPS) is 17.8. The van der Waals surface area contributed by atoms with Crippen LogP contribution in [-0.4, -0.2) is 40.5 Å². The Balaban J connectivity index is 1.83. The van der Waals surface area contributed by atoms with Gasteiger partial charge in [-0.15, -0.1) is 0 Å². The lowest BCUT2D eigenvalue weighted by Crippen LogP contribution is -2.44. The molecule has 0 saturated carbocycles. The van der Waals surface area contributed by atoms with Crippen LogP contribution in [0.2, 0.25) is 0 Å². The van der Waals surface area contributed by atoms with E-state index in [4.69, 9.17) is 4.74 Å². The van der Waals surface area contributed by atoms with Crippen molar-refractivity contribution in [2.45, 2.75) is 26.9 Å². The average molecular weight is 327 g/mol. The van der Waals surface area contributed by atoms with Gasteiger partial charge in [0.05, 0.1) is 13.2 Å². The van der Waals surface area contributed by atoms with Gasteiger partial charge >= 0.3 is 0 Å². The molecule has 24 heavy (non-hydrogen) atoms. The molecule has 1 fully saturated rings. The molecule has 0 aliphatic carbocycles. The second-order valence-corrected chi connectivity index (χ2v) is 6.16. The monoisotopic (exact) mass is 327 g/mol. The van der Waals surface area contributed by atoms with Crippen LogP contribution in [0.1, 0.15) is 39.0 Å². The Morgan fingerprint density at radius 2 is 2.12 bits per heavy atom. The van der Waals surface area contributed by atoms with Crippen molar-refractivity contribution in [1.82, 2.24) is 14.9 Å². The van der Waals surface area contributed by atoms with Crippen LogP contribution in [0, 0.1) is 20.8 Å². The molecule has 0 spiro atoms. The highest BCUT2D eigenvalue weighted by Gasteiger charge is 2.27. The van der Waals surface area contributed by atoms with E-state index in [-0.39, 0.29) is 23.1 Å². The topological polar surface area (TPSA) is 75.3 Å². The molecule has 1 saturated heterocycles. The SMILES string of the molecule is Cc1cc([C@H]2CN(C(=O)c3cc(C)c(C)[nH]c3=O)CCO2)ccn1. The van der Waals surface area contributed by atoms with Crippen molar-refractivity contribution in [3.63, 3.8) is 0 Å². The fraction of sp³-hybridized carbons (Fsp3) is 0.389. The molecule has 0 unspecified atom stereocenters. The highest BCUT2D eigenvalue weighted by molar-refractivity contribution is 5.94. The summed E-state index contributed by atoms with van der Waals surface area (Å²) in [6.45, 7) is 6.97. The minimum atomic E-state index is -0.342. The molecule has 0 bridgehead atoms. The van der Waals surface area contributed by atoms with Gasteiger partial charge in [0, 0.05) is 24.1 Å². The Kier molecular flexibility index (Phi) is 4.49. The van der Waals surface area contributed by atoms with Crippen molar-refractivity contribution in [2.24, 2.45) is 0 Å². The molecule has 1 aliphatic heterocycles. The summed E-state index contributed by atoms with van der Waals surface area (Å²) in [4.78, 5) is 33.5. The van der Waals surface area contributed by atoms with E-state index in [1.165, 1.54) is 0 Å². The van der Waals surface area contributed by atoms with E-state index in [1.807, 2.05) is 32.9 Å². The van der Waals surface area contributed by atoms with Crippen molar-refractivity contribution >= 4 is 5.91 Å². The fourth-order valence-corrected chi connectivity index (χ4v) is 2.86. The summed E-state index contributed by atoms with van der Waals surface area (Å²) in [5.41, 5.74) is 3.42. The van der Waals surface area contributed by atoms with Crippen LogP contribution >= 0.6 is 0 Å². The molecule has 6 heteroatoms. The Labute approximate surface area is 140 Å². The highest BCUT2D eigenvalue weighted by atomic mass is 16.5. The van der Waals surface area contributed by atoms with E-state index < -0.39 is 0 Å². The standard InChI is InChI=1S/C18H21N3O3/c1-11-8-15(17(22)20-13(11)3)18(23)21-6-7-24-16(10-21)14-4-5-19-12(2)9-14/h4-5,8-9,16H,6-7,10H2,1-3H3,(H,20,22)/t16-/m1/s1. The molecular weight excluding hydrogens is 306 g/mol. The molecule has 2 aromatic rings. The number of ether oxygens (including phenoxy) is 1. The number of morpholine rings is 1. The smallest absolute Gasteiger partial charge is 0.261 e. The molecule has 126 valence electrons. The molecule has 1 atom stereocenters. The molecule has 1 amide bonds. The van der Waals surface area contributed by atoms with E-state index in [9.17, 15) is 9.59 Å². The summed E-state index contributed by atoms with van der Waals surface area (Å²) >= 11 is 0. The maximum absolute atomic E-state index is 12.8. The van der Waals surface area contributed by atoms with Gasteiger partial charge in [-0.3, -0.25) is 14.6 Å². The number of aromatic nitrogens is 2. The number of H-pyrrole nitrogens is 1. The molecule has 3 heterocycles. The van der Waals surface area contributed by atoms with Gasteiger partial charge in [0.2, 0.25) is 0 Å². The second-order valence-electron chi connectivity index (χ2n) is 6.16. The number of nitrogens with one attached hydrogen (secondary N) is 1. The lowest BCUT2D eigenvalue weighted by molar-refractivity contribution is -0.0229. The summed E-state index contributed by atoms with van der Waals surface area (Å²) in [6, 6.07) is 5.52. The van der Waals surface area contributed by atoms with Crippen LogP contribution < -0.4 is 5.56 Å². The van der Waals surface area contributed by atoms with Crippen LogP contribution in [0.15, 0.2) is 29.2 Å². The predicted octanol–water partition coefficient (Wildman–Crippen LogP) is 1.91. The third-order valence-electron chi connectivity index (χ3n) is 4.37. The molecule has 1 N–H and O–H groups in total. The van der Waals surface area contributed by atoms with Gasteiger partial charge in [-0.2, -0.15) is 0 Å². The van der Waals surface area contributed by atoms with Gasteiger partial charge in [-0.1, -0.05) is 0 Å². The van der Waals surface area contributed by atoms with E-state index >= 15 is 0 Å². The number of hydrogen-bond acceptors (Lipinski definition) is 4. The third-order valence-corrected chi connectivity index (χ3v) is 4.37. The van der Waals surface area contributed by atoms with Gasteiger partial charge in [-0.25, -0.2) is 0 Å². The van der Waals surface area contributed by atoms with E-state index in [2.05, 4.69) is 9.97 Å². The molecule has 3 rings (SSSR count). The van der Waals surface area contributed by atoms with Gasteiger partial charge < -0.3 is 14.6 Å². The number of rotatable bonds is 2. The zero-order valence-electron chi connectivity index (χ0n) is 14.1. The van der Waals surface area contributed by atoms with Gasteiger partial charge in [0.25, 0.3) is 11.5 Å². The molecule has 0 radical (unpaired) electrons. The van der Waals surface area contributed by atoms with Gasteiger partial charge in [-0.05, 0) is 50.1 Å². The first-order valence-electron chi connectivity index (χ1n) is 7.99. The minimum Gasteiger partial charge on any atom is -0.370 e. The number of aryl methyl sites for hydroxylation is 3. The first-order valence-corrected chi connectivity index (χ1v) is 7.99. The van der Waals surface area contributed by atoms with E-state index in [1.54, 1.807) is 17.2 Å². The van der Waals surface area contributed by atoms with Gasteiger partial charge in [0.15, 0.2) is 0 Å². The Morgan fingerprint density at radius 3 is 2.88 bits per heavy atom. The quantitative estimate of drug-likeness (QED) is 0.914. The zero-order valence-corrected chi connectivity index (χ0v) is 14.1. The summed E-state index contributed by atoms with van der Waals surface area (Å²) < 4.78 is 5.80. The molecule has 6 nitrogen and oxygen atoms in total. The average Bonchev–Trinajstić information content (AvgIpc) is 2.58. The van der Waals surface area contributed by atoms with Crippen molar-refractivity contribution in [2.75, 3.05) is 19.7 Å². The highest BCUT2D eigenvalue weighted by Crippen LogP contribution is 2.23. The Bertz CT molecular complexity index is 828. The molecule has 2 aromatic heterocycles. The first-order chi connectivity index (χ1) is 11.5. The first kappa shape index (κ1) is 16.4. The van der Waals surface area contributed by atoms with E-state index in [0.29, 0.717) is 19.7 Å². The number of amides is 1.